The first-order valence-electron chi connectivity index (χ1n) is 5.91. The molecule has 2 aromatic heterocycles. The Kier molecular flexibility index (Phi) is 2.80. The van der Waals surface area contributed by atoms with Crippen molar-refractivity contribution in [2.75, 3.05) is 0 Å². The average Bonchev–Trinajstić information content (AvgIpc) is 2.67. The Labute approximate surface area is 111 Å². The van der Waals surface area contributed by atoms with E-state index in [2.05, 4.69) is 40.6 Å². The largest absolute Gasteiger partial charge is 0.302 e. The summed E-state index contributed by atoms with van der Waals surface area (Å²) in [5, 5.41) is 0.574. The summed E-state index contributed by atoms with van der Waals surface area (Å²) in [5.74, 6) is 0.973. The second kappa shape index (κ2) is 4.46. The fourth-order valence-corrected chi connectivity index (χ4v) is 2.36. The van der Waals surface area contributed by atoms with Gasteiger partial charge < -0.3 is 4.40 Å². The maximum absolute atomic E-state index is 6.18. The van der Waals surface area contributed by atoms with Crippen LogP contribution in [-0.2, 0) is 6.42 Å². The molecule has 18 heavy (non-hydrogen) atoms. The molecule has 0 radical (unpaired) electrons. The van der Waals surface area contributed by atoms with E-state index in [9.17, 15) is 0 Å². The van der Waals surface area contributed by atoms with Gasteiger partial charge in [0.05, 0.1) is 5.52 Å². The van der Waals surface area contributed by atoms with Crippen molar-refractivity contribution in [3.05, 3.63) is 70.8 Å². The number of hydrogen-bond donors (Lipinski definition) is 0. The Morgan fingerprint density at radius 3 is 2.72 bits per heavy atom. The summed E-state index contributed by atoms with van der Waals surface area (Å²) in [5.41, 5.74) is 3.40. The number of hydrogen-bond acceptors (Lipinski definition) is 1. The highest BCUT2D eigenvalue weighted by Crippen LogP contribution is 2.21. The molecule has 0 aliphatic heterocycles. The van der Waals surface area contributed by atoms with E-state index in [1.54, 1.807) is 0 Å². The van der Waals surface area contributed by atoms with E-state index in [0.29, 0.717) is 5.15 Å². The first-order valence-corrected chi connectivity index (χ1v) is 6.29. The summed E-state index contributed by atoms with van der Waals surface area (Å²) < 4.78 is 2.06. The number of imidazole rings is 1. The zero-order valence-electron chi connectivity index (χ0n) is 10.1. The lowest BCUT2D eigenvalue weighted by molar-refractivity contribution is 0.960. The summed E-state index contributed by atoms with van der Waals surface area (Å²) in [4.78, 5) is 4.45. The minimum atomic E-state index is 0.574. The predicted molar refractivity (Wildman–Crippen MR) is 74.2 cm³/mol. The molecule has 3 aromatic rings. The second-order valence-corrected chi connectivity index (χ2v) is 4.80. The van der Waals surface area contributed by atoms with Crippen LogP contribution >= 0.6 is 11.6 Å². The fraction of sp³-hybridized carbons (Fsp3) is 0.133. The van der Waals surface area contributed by atoms with Crippen LogP contribution < -0.4 is 0 Å². The number of aromatic nitrogens is 2. The van der Waals surface area contributed by atoms with Crippen LogP contribution in [0.25, 0.3) is 5.52 Å². The highest BCUT2D eigenvalue weighted by atomic mass is 35.5. The third kappa shape index (κ3) is 2.00. The molecule has 0 spiro atoms. The van der Waals surface area contributed by atoms with Crippen LogP contribution in [0.15, 0.2) is 48.7 Å². The van der Waals surface area contributed by atoms with E-state index in [-0.39, 0.29) is 0 Å². The first-order chi connectivity index (χ1) is 8.74. The predicted octanol–water partition coefficient (Wildman–Crippen LogP) is 3.89. The van der Waals surface area contributed by atoms with Crippen LogP contribution in [0.2, 0.25) is 5.15 Å². The third-order valence-electron chi connectivity index (χ3n) is 3.03. The molecule has 0 atom stereocenters. The van der Waals surface area contributed by atoms with Gasteiger partial charge in [0.1, 0.15) is 5.82 Å². The van der Waals surface area contributed by atoms with E-state index in [4.69, 9.17) is 11.6 Å². The molecule has 90 valence electrons. The summed E-state index contributed by atoms with van der Waals surface area (Å²) >= 11 is 6.18. The van der Waals surface area contributed by atoms with Gasteiger partial charge in [-0.05, 0) is 30.2 Å². The number of halogens is 1. The van der Waals surface area contributed by atoms with Crippen LogP contribution in [0.5, 0.6) is 0 Å². The van der Waals surface area contributed by atoms with Crippen molar-refractivity contribution >= 4 is 17.1 Å². The van der Waals surface area contributed by atoms with Crippen molar-refractivity contribution < 1.29 is 0 Å². The molecule has 0 N–H and O–H groups in total. The summed E-state index contributed by atoms with van der Waals surface area (Å²) in [6.07, 6.45) is 2.82. The lowest BCUT2D eigenvalue weighted by Crippen LogP contribution is -1.96. The highest BCUT2D eigenvalue weighted by Gasteiger charge is 2.09. The van der Waals surface area contributed by atoms with E-state index < -0.39 is 0 Å². The summed E-state index contributed by atoms with van der Waals surface area (Å²) in [6.45, 7) is 2.06. The van der Waals surface area contributed by atoms with Crippen LogP contribution in [0.1, 0.15) is 17.0 Å². The van der Waals surface area contributed by atoms with Gasteiger partial charge in [-0.15, -0.1) is 0 Å². The Morgan fingerprint density at radius 1 is 1.17 bits per heavy atom. The zero-order valence-corrected chi connectivity index (χ0v) is 10.9. The van der Waals surface area contributed by atoms with Crippen molar-refractivity contribution in [2.24, 2.45) is 0 Å². The topological polar surface area (TPSA) is 17.3 Å². The molecule has 0 aliphatic carbocycles. The van der Waals surface area contributed by atoms with Crippen LogP contribution in [0.3, 0.4) is 0 Å². The Hall–Kier alpha value is -1.80. The Bertz CT molecular complexity index is 686. The van der Waals surface area contributed by atoms with Gasteiger partial charge in [-0.3, -0.25) is 0 Å². The molecule has 2 heterocycles. The van der Waals surface area contributed by atoms with Gasteiger partial charge in [0.15, 0.2) is 5.15 Å². The maximum Gasteiger partial charge on any atom is 0.155 e. The van der Waals surface area contributed by atoms with E-state index >= 15 is 0 Å². The molecule has 0 saturated carbocycles. The van der Waals surface area contributed by atoms with Gasteiger partial charge in [0.25, 0.3) is 0 Å². The lowest BCUT2D eigenvalue weighted by Gasteiger charge is -2.02. The molecular formula is C15H13ClN2. The molecule has 0 bridgehead atoms. The molecule has 0 saturated heterocycles. The lowest BCUT2D eigenvalue weighted by atomic mass is 10.1. The monoisotopic (exact) mass is 256 g/mol. The van der Waals surface area contributed by atoms with Crippen LogP contribution in [-0.4, -0.2) is 9.38 Å². The highest BCUT2D eigenvalue weighted by molar-refractivity contribution is 6.32. The Balaban J connectivity index is 2.08. The summed E-state index contributed by atoms with van der Waals surface area (Å²) in [6, 6.07) is 14.4. The zero-order chi connectivity index (χ0) is 12.5. The van der Waals surface area contributed by atoms with Gasteiger partial charge >= 0.3 is 0 Å². The van der Waals surface area contributed by atoms with Crippen molar-refractivity contribution in [1.82, 2.24) is 9.38 Å². The average molecular weight is 257 g/mol. The number of nitrogens with zero attached hydrogens (tertiary/aromatic N) is 2. The molecule has 1 aromatic carbocycles. The van der Waals surface area contributed by atoms with Crippen molar-refractivity contribution in [2.45, 2.75) is 13.3 Å². The molecular weight excluding hydrogens is 244 g/mol. The quantitative estimate of drug-likeness (QED) is 0.680. The molecule has 2 nitrogen and oxygen atoms in total. The second-order valence-electron chi connectivity index (χ2n) is 4.44. The smallest absolute Gasteiger partial charge is 0.155 e. The van der Waals surface area contributed by atoms with Crippen molar-refractivity contribution in [3.8, 4) is 0 Å². The van der Waals surface area contributed by atoms with Gasteiger partial charge in [-0.2, -0.15) is 0 Å². The number of benzene rings is 1. The number of fused-ring (bicyclic) bond motifs is 1. The molecule has 0 aliphatic rings. The Morgan fingerprint density at radius 2 is 1.94 bits per heavy atom. The molecule has 0 amide bonds. The van der Waals surface area contributed by atoms with Crippen LogP contribution in [0.4, 0.5) is 0 Å². The van der Waals surface area contributed by atoms with Gasteiger partial charge in [0.2, 0.25) is 0 Å². The SMILES string of the molecule is Cc1ccn2c(Cc3ccccc3)nc(Cl)c2c1. The minimum Gasteiger partial charge on any atom is -0.302 e. The van der Waals surface area contributed by atoms with Gasteiger partial charge in [-0.1, -0.05) is 41.9 Å². The van der Waals surface area contributed by atoms with Crippen LogP contribution in [0, 0.1) is 6.92 Å². The number of aryl methyl sites for hydroxylation is 1. The number of rotatable bonds is 2. The molecule has 0 unspecified atom stereocenters. The fourth-order valence-electron chi connectivity index (χ4n) is 2.12. The maximum atomic E-state index is 6.18. The minimum absolute atomic E-state index is 0.574. The van der Waals surface area contributed by atoms with E-state index in [1.807, 2.05) is 24.4 Å². The molecule has 3 rings (SSSR count). The molecule has 3 heteroatoms. The van der Waals surface area contributed by atoms with Gasteiger partial charge in [0, 0.05) is 12.6 Å². The standard InChI is InChI=1S/C15H13ClN2/c1-11-7-8-18-13(9-11)15(16)17-14(18)10-12-5-3-2-4-6-12/h2-9H,10H2,1H3. The molecule has 0 fully saturated rings. The normalized spacial score (nSPS) is 11.0. The van der Waals surface area contributed by atoms with E-state index in [0.717, 1.165) is 17.8 Å². The van der Waals surface area contributed by atoms with Crippen molar-refractivity contribution in [3.63, 3.8) is 0 Å². The van der Waals surface area contributed by atoms with Crippen molar-refractivity contribution in [1.29, 1.82) is 0 Å². The van der Waals surface area contributed by atoms with Gasteiger partial charge in [-0.25, -0.2) is 4.98 Å². The summed E-state index contributed by atoms with van der Waals surface area (Å²) in [7, 11) is 0. The number of pyridine rings is 1. The first kappa shape index (κ1) is 11.3. The third-order valence-corrected chi connectivity index (χ3v) is 3.31. The van der Waals surface area contributed by atoms with E-state index in [1.165, 1.54) is 11.1 Å².